The molecule has 2 rings (SSSR count). The fourth-order valence-electron chi connectivity index (χ4n) is 1.98. The molecular formula is C14H16N2O3. The Bertz CT molecular complexity index is 640. The highest BCUT2D eigenvalue weighted by molar-refractivity contribution is 5.67. The molecule has 0 saturated heterocycles. The van der Waals surface area contributed by atoms with Crippen LogP contribution in [0.25, 0.3) is 0 Å². The highest BCUT2D eigenvalue weighted by atomic mass is 16.4. The van der Waals surface area contributed by atoms with Gasteiger partial charge < -0.3 is 10.2 Å². The van der Waals surface area contributed by atoms with Gasteiger partial charge in [0.15, 0.2) is 0 Å². The normalized spacial score (nSPS) is 10.6. The van der Waals surface area contributed by atoms with Crippen LogP contribution >= 0.6 is 0 Å². The first-order valence-electron chi connectivity index (χ1n) is 6.10. The maximum absolute atomic E-state index is 12.0. The minimum Gasteiger partial charge on any atom is -0.481 e. The van der Waals surface area contributed by atoms with Crippen LogP contribution in [-0.2, 0) is 17.8 Å². The van der Waals surface area contributed by atoms with Crippen molar-refractivity contribution in [1.29, 1.82) is 0 Å². The SMILES string of the molecule is Cc1cccc(Cn2[nH]cc(CCC(=O)O)c2=O)c1. The van der Waals surface area contributed by atoms with Gasteiger partial charge in [-0.05, 0) is 18.9 Å². The summed E-state index contributed by atoms with van der Waals surface area (Å²) in [5.41, 5.74) is 2.54. The Balaban J connectivity index is 2.14. The quantitative estimate of drug-likeness (QED) is 0.856. The van der Waals surface area contributed by atoms with E-state index in [0.29, 0.717) is 12.1 Å². The molecule has 0 saturated carbocycles. The summed E-state index contributed by atoms with van der Waals surface area (Å²) in [7, 11) is 0. The molecule has 0 amide bonds. The van der Waals surface area contributed by atoms with E-state index in [9.17, 15) is 9.59 Å². The number of aryl methyl sites for hydroxylation is 2. The third-order valence-electron chi connectivity index (χ3n) is 2.95. The van der Waals surface area contributed by atoms with Crippen molar-refractivity contribution in [3.63, 3.8) is 0 Å². The van der Waals surface area contributed by atoms with E-state index in [-0.39, 0.29) is 18.4 Å². The fourth-order valence-corrected chi connectivity index (χ4v) is 1.98. The Morgan fingerprint density at radius 2 is 2.21 bits per heavy atom. The van der Waals surface area contributed by atoms with Gasteiger partial charge in [-0.15, -0.1) is 0 Å². The van der Waals surface area contributed by atoms with E-state index in [1.165, 1.54) is 4.68 Å². The Labute approximate surface area is 110 Å². The van der Waals surface area contributed by atoms with Crippen LogP contribution in [0.1, 0.15) is 23.1 Å². The number of hydrogen-bond acceptors (Lipinski definition) is 2. The minimum absolute atomic E-state index is 0.0302. The number of carboxylic acid groups (broad SMARTS) is 1. The Morgan fingerprint density at radius 1 is 1.42 bits per heavy atom. The molecule has 0 aliphatic carbocycles. The number of carbonyl (C=O) groups is 1. The summed E-state index contributed by atoms with van der Waals surface area (Å²) in [4.78, 5) is 22.5. The molecule has 19 heavy (non-hydrogen) atoms. The molecule has 100 valence electrons. The Kier molecular flexibility index (Phi) is 3.85. The van der Waals surface area contributed by atoms with Gasteiger partial charge >= 0.3 is 5.97 Å². The van der Waals surface area contributed by atoms with Crippen molar-refractivity contribution in [2.75, 3.05) is 0 Å². The van der Waals surface area contributed by atoms with Crippen LogP contribution in [0.3, 0.4) is 0 Å². The first-order valence-corrected chi connectivity index (χ1v) is 6.10. The first kappa shape index (κ1) is 13.1. The van der Waals surface area contributed by atoms with E-state index in [1.54, 1.807) is 6.20 Å². The minimum atomic E-state index is -0.897. The van der Waals surface area contributed by atoms with Gasteiger partial charge in [0.2, 0.25) is 0 Å². The third kappa shape index (κ3) is 3.34. The molecule has 0 fully saturated rings. The van der Waals surface area contributed by atoms with Gasteiger partial charge in [-0.25, -0.2) is 4.68 Å². The highest BCUT2D eigenvalue weighted by Gasteiger charge is 2.08. The summed E-state index contributed by atoms with van der Waals surface area (Å²) in [6.07, 6.45) is 1.81. The van der Waals surface area contributed by atoms with Crippen molar-refractivity contribution < 1.29 is 9.90 Å². The second-order valence-electron chi connectivity index (χ2n) is 4.57. The van der Waals surface area contributed by atoms with E-state index in [0.717, 1.165) is 11.1 Å². The lowest BCUT2D eigenvalue weighted by molar-refractivity contribution is -0.136. The number of rotatable bonds is 5. The van der Waals surface area contributed by atoms with Crippen LogP contribution in [0.15, 0.2) is 35.3 Å². The molecular weight excluding hydrogens is 244 g/mol. The molecule has 0 aliphatic rings. The van der Waals surface area contributed by atoms with Crippen LogP contribution in [0, 0.1) is 6.92 Å². The van der Waals surface area contributed by atoms with E-state index in [4.69, 9.17) is 5.11 Å². The highest BCUT2D eigenvalue weighted by Crippen LogP contribution is 2.05. The lowest BCUT2D eigenvalue weighted by Gasteiger charge is -2.03. The number of aromatic amines is 1. The molecule has 0 aliphatic heterocycles. The number of nitrogens with one attached hydrogen (secondary N) is 1. The molecule has 2 aromatic rings. The lowest BCUT2D eigenvalue weighted by Crippen LogP contribution is -2.20. The molecule has 0 unspecified atom stereocenters. The zero-order chi connectivity index (χ0) is 13.8. The Hall–Kier alpha value is -2.30. The molecule has 0 spiro atoms. The maximum atomic E-state index is 12.0. The van der Waals surface area contributed by atoms with Gasteiger partial charge in [-0.3, -0.25) is 9.59 Å². The second-order valence-corrected chi connectivity index (χ2v) is 4.57. The van der Waals surface area contributed by atoms with Crippen LogP contribution in [0.5, 0.6) is 0 Å². The summed E-state index contributed by atoms with van der Waals surface area (Å²) in [5.74, 6) is -0.897. The number of aromatic nitrogens is 2. The summed E-state index contributed by atoms with van der Waals surface area (Å²) in [6, 6.07) is 7.92. The number of nitrogens with zero attached hydrogens (tertiary/aromatic N) is 1. The van der Waals surface area contributed by atoms with Crippen molar-refractivity contribution >= 4 is 5.97 Å². The molecule has 0 atom stereocenters. The summed E-state index contributed by atoms with van der Waals surface area (Å²) < 4.78 is 1.49. The van der Waals surface area contributed by atoms with Crippen molar-refractivity contribution in [2.24, 2.45) is 0 Å². The third-order valence-corrected chi connectivity index (χ3v) is 2.95. The number of benzene rings is 1. The average Bonchev–Trinajstić information content (AvgIpc) is 2.68. The molecule has 1 aromatic carbocycles. The van der Waals surface area contributed by atoms with Crippen LogP contribution in [-0.4, -0.2) is 20.9 Å². The number of hydrogen-bond donors (Lipinski definition) is 2. The topological polar surface area (TPSA) is 75.1 Å². The second kappa shape index (κ2) is 5.56. The van der Waals surface area contributed by atoms with Crippen LogP contribution in [0.2, 0.25) is 0 Å². The van der Waals surface area contributed by atoms with Crippen molar-refractivity contribution in [1.82, 2.24) is 9.78 Å². The number of H-pyrrole nitrogens is 1. The molecule has 5 heteroatoms. The maximum Gasteiger partial charge on any atom is 0.303 e. The predicted octanol–water partition coefficient (Wildman–Crippen LogP) is 1.55. The van der Waals surface area contributed by atoms with Crippen LogP contribution in [0.4, 0.5) is 0 Å². The van der Waals surface area contributed by atoms with Gasteiger partial charge in [0.25, 0.3) is 5.56 Å². The molecule has 2 N–H and O–H groups in total. The van der Waals surface area contributed by atoms with Crippen LogP contribution < -0.4 is 5.56 Å². The summed E-state index contributed by atoms with van der Waals surface area (Å²) >= 11 is 0. The monoisotopic (exact) mass is 260 g/mol. The fraction of sp³-hybridized carbons (Fsp3) is 0.286. The molecule has 0 radical (unpaired) electrons. The number of aliphatic carboxylic acids is 1. The largest absolute Gasteiger partial charge is 0.481 e. The van der Waals surface area contributed by atoms with Crippen molar-refractivity contribution in [3.8, 4) is 0 Å². The Morgan fingerprint density at radius 3 is 2.89 bits per heavy atom. The molecule has 1 aromatic heterocycles. The zero-order valence-corrected chi connectivity index (χ0v) is 10.7. The average molecular weight is 260 g/mol. The van der Waals surface area contributed by atoms with Crippen molar-refractivity contribution in [3.05, 3.63) is 57.5 Å². The van der Waals surface area contributed by atoms with Gasteiger partial charge in [0.1, 0.15) is 0 Å². The zero-order valence-electron chi connectivity index (χ0n) is 10.7. The van der Waals surface area contributed by atoms with E-state index >= 15 is 0 Å². The van der Waals surface area contributed by atoms with Gasteiger partial charge in [-0.2, -0.15) is 0 Å². The number of carboxylic acids is 1. The van der Waals surface area contributed by atoms with E-state index < -0.39 is 5.97 Å². The van der Waals surface area contributed by atoms with Crippen molar-refractivity contribution in [2.45, 2.75) is 26.3 Å². The lowest BCUT2D eigenvalue weighted by atomic mass is 10.1. The van der Waals surface area contributed by atoms with Gasteiger partial charge in [0, 0.05) is 18.2 Å². The van der Waals surface area contributed by atoms with E-state index in [2.05, 4.69) is 5.10 Å². The van der Waals surface area contributed by atoms with Gasteiger partial charge in [0.05, 0.1) is 6.54 Å². The summed E-state index contributed by atoms with van der Waals surface area (Å²) in [5, 5.41) is 11.5. The molecule has 1 heterocycles. The van der Waals surface area contributed by atoms with E-state index in [1.807, 2.05) is 31.2 Å². The standard InChI is InChI=1S/C14H16N2O3/c1-10-3-2-4-11(7-10)9-16-14(19)12(8-15-16)5-6-13(17)18/h2-4,7-8,15H,5-6,9H2,1H3,(H,17,18). The smallest absolute Gasteiger partial charge is 0.303 e. The predicted molar refractivity (Wildman–Crippen MR) is 71.3 cm³/mol. The molecule has 0 bridgehead atoms. The van der Waals surface area contributed by atoms with Gasteiger partial charge in [-0.1, -0.05) is 29.8 Å². The molecule has 5 nitrogen and oxygen atoms in total. The first-order chi connectivity index (χ1) is 9.06. The summed E-state index contributed by atoms with van der Waals surface area (Å²) in [6.45, 7) is 2.47.